The standard InChI is InChI=1S/C20H39NO.C3H9N.BrH/c1-4-5-6-7-8-9-10-11-12-13-14-15-16-17-18-20(2,3)19(21)22;1-2-3-4;/h11-12H,4-10,13-18H2,1-3H3,(H2,21,22);2-4H2,1H3;1H/b12-11-;;. The van der Waals surface area contributed by atoms with E-state index in [9.17, 15) is 4.79 Å². The highest BCUT2D eigenvalue weighted by Gasteiger charge is 2.23. The van der Waals surface area contributed by atoms with Gasteiger partial charge in [-0.1, -0.05) is 91.2 Å². The molecule has 0 aliphatic rings. The Bertz CT molecular complexity index is 328. The van der Waals surface area contributed by atoms with Gasteiger partial charge in [-0.15, -0.1) is 17.0 Å². The van der Waals surface area contributed by atoms with E-state index in [-0.39, 0.29) is 28.3 Å². The van der Waals surface area contributed by atoms with E-state index in [4.69, 9.17) is 11.5 Å². The zero-order chi connectivity index (χ0) is 20.1. The maximum absolute atomic E-state index is 11.2. The average molecular weight is 450 g/mol. The molecule has 0 atom stereocenters. The molecule has 0 rings (SSSR count). The summed E-state index contributed by atoms with van der Waals surface area (Å²) in [5.41, 5.74) is 10.1. The van der Waals surface area contributed by atoms with Crippen LogP contribution < -0.4 is 11.5 Å². The van der Waals surface area contributed by atoms with Crippen LogP contribution in [0.3, 0.4) is 0 Å². The van der Waals surface area contributed by atoms with Gasteiger partial charge in [0.1, 0.15) is 0 Å². The lowest BCUT2D eigenvalue weighted by atomic mass is 9.86. The number of carbonyl (C=O) groups excluding carboxylic acids is 1. The van der Waals surface area contributed by atoms with Crippen LogP contribution in [0.25, 0.3) is 0 Å². The Balaban J connectivity index is -0.00000104. The van der Waals surface area contributed by atoms with Crippen molar-refractivity contribution in [1.82, 2.24) is 0 Å². The van der Waals surface area contributed by atoms with Gasteiger partial charge < -0.3 is 11.5 Å². The first-order valence-electron chi connectivity index (χ1n) is 11.1. The maximum Gasteiger partial charge on any atom is 0.223 e. The predicted molar refractivity (Wildman–Crippen MR) is 127 cm³/mol. The zero-order valence-electron chi connectivity index (χ0n) is 18.7. The second-order valence-corrected chi connectivity index (χ2v) is 8.02. The van der Waals surface area contributed by atoms with E-state index >= 15 is 0 Å². The molecule has 0 spiro atoms. The number of nitrogens with two attached hydrogens (primary N) is 2. The summed E-state index contributed by atoms with van der Waals surface area (Å²) in [5, 5.41) is 0. The third-order valence-electron chi connectivity index (χ3n) is 4.77. The minimum absolute atomic E-state index is 0. The van der Waals surface area contributed by atoms with Crippen molar-refractivity contribution in [2.45, 2.75) is 118 Å². The molecule has 4 N–H and O–H groups in total. The Hall–Kier alpha value is -0.350. The minimum atomic E-state index is -0.336. The Morgan fingerprint density at radius 2 is 1.19 bits per heavy atom. The van der Waals surface area contributed by atoms with Gasteiger partial charge in [0, 0.05) is 5.41 Å². The number of rotatable bonds is 16. The van der Waals surface area contributed by atoms with Crippen LogP contribution in [0.5, 0.6) is 0 Å². The highest BCUT2D eigenvalue weighted by molar-refractivity contribution is 8.93. The summed E-state index contributed by atoms with van der Waals surface area (Å²) in [6, 6.07) is 0. The summed E-state index contributed by atoms with van der Waals surface area (Å²) in [6.07, 6.45) is 22.3. The number of halogens is 1. The van der Waals surface area contributed by atoms with E-state index in [1.807, 2.05) is 13.8 Å². The summed E-state index contributed by atoms with van der Waals surface area (Å²) in [7, 11) is 0. The second-order valence-electron chi connectivity index (χ2n) is 8.02. The Labute approximate surface area is 180 Å². The molecule has 0 saturated heterocycles. The van der Waals surface area contributed by atoms with Crippen LogP contribution in [0.15, 0.2) is 12.2 Å². The molecule has 4 heteroatoms. The van der Waals surface area contributed by atoms with Crippen LogP contribution in [-0.4, -0.2) is 12.5 Å². The van der Waals surface area contributed by atoms with Crippen molar-refractivity contribution in [3.05, 3.63) is 12.2 Å². The Kier molecular flexibility index (Phi) is 27.5. The monoisotopic (exact) mass is 448 g/mol. The quantitative estimate of drug-likeness (QED) is 0.195. The molecule has 0 fully saturated rings. The van der Waals surface area contributed by atoms with Crippen molar-refractivity contribution >= 4 is 22.9 Å². The molecule has 0 aromatic rings. The van der Waals surface area contributed by atoms with Gasteiger partial charge in [-0.3, -0.25) is 4.79 Å². The normalized spacial score (nSPS) is 11.0. The van der Waals surface area contributed by atoms with E-state index in [0.717, 1.165) is 25.8 Å². The lowest BCUT2D eigenvalue weighted by molar-refractivity contribution is -0.126. The highest BCUT2D eigenvalue weighted by atomic mass is 79.9. The van der Waals surface area contributed by atoms with Gasteiger partial charge in [-0.05, 0) is 45.1 Å². The lowest BCUT2D eigenvalue weighted by Gasteiger charge is -2.19. The third-order valence-corrected chi connectivity index (χ3v) is 4.77. The Morgan fingerprint density at radius 1 is 0.778 bits per heavy atom. The van der Waals surface area contributed by atoms with Crippen molar-refractivity contribution < 1.29 is 4.79 Å². The van der Waals surface area contributed by atoms with Gasteiger partial charge >= 0.3 is 0 Å². The van der Waals surface area contributed by atoms with Gasteiger partial charge in [-0.25, -0.2) is 0 Å². The fourth-order valence-corrected chi connectivity index (χ4v) is 2.58. The average Bonchev–Trinajstić information content (AvgIpc) is 2.62. The second kappa shape index (κ2) is 23.7. The molecule has 0 unspecified atom stereocenters. The molecular formula is C23H49BrN2O. The molecule has 0 aromatic heterocycles. The number of unbranched alkanes of at least 4 members (excludes halogenated alkanes) is 10. The fourth-order valence-electron chi connectivity index (χ4n) is 2.58. The smallest absolute Gasteiger partial charge is 0.223 e. The van der Waals surface area contributed by atoms with Crippen LogP contribution in [0.4, 0.5) is 0 Å². The molecule has 0 aliphatic carbocycles. The SMILES string of the molecule is Br.CCCCCCCC/C=C\CCCCCCC(C)(C)C(N)=O.CCCN. The molecule has 0 aromatic carbocycles. The minimum Gasteiger partial charge on any atom is -0.369 e. The molecule has 27 heavy (non-hydrogen) atoms. The van der Waals surface area contributed by atoms with Crippen molar-refractivity contribution in [3.8, 4) is 0 Å². The van der Waals surface area contributed by atoms with Crippen molar-refractivity contribution in [2.75, 3.05) is 6.54 Å². The first-order chi connectivity index (χ1) is 12.4. The number of primary amides is 1. The molecule has 0 heterocycles. The van der Waals surface area contributed by atoms with E-state index in [0.29, 0.717) is 0 Å². The number of hydrogen-bond acceptors (Lipinski definition) is 2. The van der Waals surface area contributed by atoms with Gasteiger partial charge in [0.15, 0.2) is 0 Å². The van der Waals surface area contributed by atoms with E-state index in [1.54, 1.807) is 0 Å². The summed E-state index contributed by atoms with van der Waals surface area (Å²) in [4.78, 5) is 11.2. The lowest BCUT2D eigenvalue weighted by Crippen LogP contribution is -2.31. The third kappa shape index (κ3) is 25.7. The molecular weight excluding hydrogens is 400 g/mol. The topological polar surface area (TPSA) is 69.1 Å². The molecule has 3 nitrogen and oxygen atoms in total. The van der Waals surface area contributed by atoms with Gasteiger partial charge in [0.25, 0.3) is 0 Å². The summed E-state index contributed by atoms with van der Waals surface area (Å²) in [5.74, 6) is -0.176. The van der Waals surface area contributed by atoms with Gasteiger partial charge in [-0.2, -0.15) is 0 Å². The predicted octanol–water partition coefficient (Wildman–Crippen LogP) is 7.08. The summed E-state index contributed by atoms with van der Waals surface area (Å²) in [6.45, 7) is 9.03. The van der Waals surface area contributed by atoms with Crippen LogP contribution in [-0.2, 0) is 4.79 Å². The van der Waals surface area contributed by atoms with Crippen LogP contribution in [0, 0.1) is 5.41 Å². The summed E-state index contributed by atoms with van der Waals surface area (Å²) >= 11 is 0. The Morgan fingerprint density at radius 3 is 1.59 bits per heavy atom. The molecule has 0 saturated carbocycles. The molecule has 0 radical (unpaired) electrons. The van der Waals surface area contributed by atoms with Crippen molar-refractivity contribution in [3.63, 3.8) is 0 Å². The van der Waals surface area contributed by atoms with Crippen LogP contribution >= 0.6 is 17.0 Å². The van der Waals surface area contributed by atoms with Crippen LogP contribution in [0.1, 0.15) is 118 Å². The zero-order valence-corrected chi connectivity index (χ0v) is 20.4. The van der Waals surface area contributed by atoms with Gasteiger partial charge in [0.2, 0.25) is 5.91 Å². The molecule has 1 amide bonds. The number of amides is 1. The number of hydrogen-bond donors (Lipinski definition) is 2. The van der Waals surface area contributed by atoms with Gasteiger partial charge in [0.05, 0.1) is 0 Å². The largest absolute Gasteiger partial charge is 0.369 e. The first-order valence-corrected chi connectivity index (χ1v) is 11.1. The molecule has 0 bridgehead atoms. The fraction of sp³-hybridized carbons (Fsp3) is 0.870. The van der Waals surface area contributed by atoms with Crippen LogP contribution in [0.2, 0.25) is 0 Å². The molecule has 0 aliphatic heterocycles. The highest BCUT2D eigenvalue weighted by Crippen LogP contribution is 2.23. The number of allylic oxidation sites excluding steroid dienone is 2. The van der Waals surface area contributed by atoms with E-state index < -0.39 is 0 Å². The number of carbonyl (C=O) groups is 1. The maximum atomic E-state index is 11.2. The summed E-state index contributed by atoms with van der Waals surface area (Å²) < 4.78 is 0. The van der Waals surface area contributed by atoms with Crippen molar-refractivity contribution in [1.29, 1.82) is 0 Å². The molecule has 164 valence electrons. The first kappa shape index (κ1) is 31.3. The van der Waals surface area contributed by atoms with E-state index in [1.165, 1.54) is 70.6 Å². The van der Waals surface area contributed by atoms with E-state index in [2.05, 4.69) is 26.0 Å². The van der Waals surface area contributed by atoms with Crippen molar-refractivity contribution in [2.24, 2.45) is 16.9 Å².